The lowest BCUT2D eigenvalue weighted by atomic mass is 9.52. The topological polar surface area (TPSA) is 62.2 Å². The van der Waals surface area contributed by atoms with Crippen LogP contribution in [0.25, 0.3) is 0 Å². The number of hydrogen-bond donors (Lipinski definition) is 2. The van der Waals surface area contributed by atoms with Gasteiger partial charge in [0.25, 0.3) is 5.91 Å². The molecule has 4 bridgehead atoms. The zero-order valence-electron chi connectivity index (χ0n) is 11.8. The number of aromatic nitrogens is 1. The first-order chi connectivity index (χ1) is 10.0. The molecule has 4 aliphatic carbocycles. The van der Waals surface area contributed by atoms with Gasteiger partial charge in [-0.25, -0.2) is 4.98 Å². The van der Waals surface area contributed by atoms with Crippen LogP contribution in [0.2, 0.25) is 0 Å². The van der Waals surface area contributed by atoms with Crippen LogP contribution in [-0.2, 0) is 0 Å². The Bertz CT molecular complexity index is 558. The van der Waals surface area contributed by atoms with Gasteiger partial charge in [-0.15, -0.1) is 0 Å². The zero-order chi connectivity index (χ0) is 14.6. The molecular formula is C16H19BrN2O2. The number of carbonyl (C=O) groups is 1. The van der Waals surface area contributed by atoms with Crippen LogP contribution in [0.1, 0.15) is 42.6 Å². The molecule has 4 aliphatic rings. The molecule has 0 aromatic carbocycles. The van der Waals surface area contributed by atoms with Crippen LogP contribution >= 0.6 is 15.9 Å². The van der Waals surface area contributed by atoms with Crippen LogP contribution < -0.4 is 5.32 Å². The number of amides is 1. The Balaban J connectivity index is 1.50. The molecule has 21 heavy (non-hydrogen) atoms. The predicted octanol–water partition coefficient (Wildman–Crippen LogP) is 2.51. The second-order valence-corrected chi connectivity index (χ2v) is 7.97. The number of aliphatic hydroxyl groups is 1. The summed E-state index contributed by atoms with van der Waals surface area (Å²) in [5.41, 5.74) is 0.0128. The molecule has 2 N–H and O–H groups in total. The summed E-state index contributed by atoms with van der Waals surface area (Å²) in [4.78, 5) is 16.5. The fourth-order valence-electron chi connectivity index (χ4n) is 4.95. The summed E-state index contributed by atoms with van der Waals surface area (Å²) in [6.45, 7) is 0. The van der Waals surface area contributed by atoms with E-state index >= 15 is 0 Å². The van der Waals surface area contributed by atoms with Gasteiger partial charge in [-0.05, 0) is 77.9 Å². The molecule has 5 heteroatoms. The van der Waals surface area contributed by atoms with Gasteiger partial charge in [0, 0.05) is 16.7 Å². The molecule has 2 atom stereocenters. The molecule has 4 saturated carbocycles. The van der Waals surface area contributed by atoms with E-state index in [0.717, 1.165) is 36.6 Å². The Morgan fingerprint density at radius 1 is 1.29 bits per heavy atom. The van der Waals surface area contributed by atoms with Gasteiger partial charge in [-0.2, -0.15) is 0 Å². The van der Waals surface area contributed by atoms with Gasteiger partial charge in [0.2, 0.25) is 0 Å². The smallest absolute Gasteiger partial charge is 0.270 e. The van der Waals surface area contributed by atoms with Crippen LogP contribution in [0.15, 0.2) is 22.8 Å². The van der Waals surface area contributed by atoms with E-state index in [1.165, 1.54) is 0 Å². The van der Waals surface area contributed by atoms with E-state index in [9.17, 15) is 9.90 Å². The van der Waals surface area contributed by atoms with Crippen LogP contribution in [0.5, 0.6) is 0 Å². The first kappa shape index (κ1) is 13.7. The summed E-state index contributed by atoms with van der Waals surface area (Å²) >= 11 is 3.33. The first-order valence-corrected chi connectivity index (χ1v) is 8.46. The zero-order valence-corrected chi connectivity index (χ0v) is 13.3. The third kappa shape index (κ3) is 2.40. The molecule has 0 saturated heterocycles. The van der Waals surface area contributed by atoms with Gasteiger partial charge in [-0.3, -0.25) is 4.79 Å². The average Bonchev–Trinajstić information content (AvgIpc) is 2.41. The number of rotatable bonds is 2. The van der Waals surface area contributed by atoms with Crippen molar-refractivity contribution in [3.63, 3.8) is 0 Å². The van der Waals surface area contributed by atoms with Gasteiger partial charge >= 0.3 is 0 Å². The lowest BCUT2D eigenvalue weighted by molar-refractivity contribution is -0.136. The number of pyridine rings is 1. The van der Waals surface area contributed by atoms with Crippen molar-refractivity contribution in [3.05, 3.63) is 28.5 Å². The monoisotopic (exact) mass is 350 g/mol. The third-order valence-electron chi connectivity index (χ3n) is 5.50. The van der Waals surface area contributed by atoms with Crippen LogP contribution in [-0.4, -0.2) is 27.6 Å². The largest absolute Gasteiger partial charge is 0.390 e. The fraction of sp³-hybridized carbons (Fsp3) is 0.625. The highest BCUT2D eigenvalue weighted by molar-refractivity contribution is 9.10. The second kappa shape index (κ2) is 4.78. The number of halogens is 1. The van der Waals surface area contributed by atoms with Gasteiger partial charge in [0.15, 0.2) is 0 Å². The van der Waals surface area contributed by atoms with Crippen molar-refractivity contribution < 1.29 is 9.90 Å². The lowest BCUT2D eigenvalue weighted by Gasteiger charge is -2.58. The minimum atomic E-state index is -0.451. The fourth-order valence-corrected chi connectivity index (χ4v) is 5.19. The van der Waals surface area contributed by atoms with E-state index in [1.807, 2.05) is 6.07 Å². The molecule has 0 spiro atoms. The molecule has 0 radical (unpaired) electrons. The SMILES string of the molecule is O=C(NC1C2CC3CC1CC(O)(C3)C2)c1ccc(Br)cn1. The summed E-state index contributed by atoms with van der Waals surface area (Å²) in [6, 6.07) is 3.78. The van der Waals surface area contributed by atoms with Crippen molar-refractivity contribution in [1.82, 2.24) is 10.3 Å². The van der Waals surface area contributed by atoms with Crippen molar-refractivity contribution in [2.75, 3.05) is 0 Å². The first-order valence-electron chi connectivity index (χ1n) is 7.67. The van der Waals surface area contributed by atoms with Gasteiger partial charge in [0.1, 0.15) is 5.69 Å². The maximum absolute atomic E-state index is 12.4. The molecular weight excluding hydrogens is 332 g/mol. The molecule has 112 valence electrons. The summed E-state index contributed by atoms with van der Waals surface area (Å²) in [5, 5.41) is 13.8. The summed E-state index contributed by atoms with van der Waals surface area (Å²) in [5.74, 6) is 1.43. The summed E-state index contributed by atoms with van der Waals surface area (Å²) < 4.78 is 0.871. The van der Waals surface area contributed by atoms with E-state index in [0.29, 0.717) is 23.4 Å². The van der Waals surface area contributed by atoms with Gasteiger partial charge in [-0.1, -0.05) is 0 Å². The number of carbonyl (C=O) groups excluding carboxylic acids is 1. The van der Waals surface area contributed by atoms with Crippen LogP contribution in [0.3, 0.4) is 0 Å². The summed E-state index contributed by atoms with van der Waals surface area (Å²) in [6.07, 6.45) is 6.61. The van der Waals surface area contributed by atoms with E-state index in [4.69, 9.17) is 0 Å². The minimum Gasteiger partial charge on any atom is -0.390 e. The Kier molecular flexibility index (Phi) is 3.12. The highest BCUT2D eigenvalue weighted by Gasteiger charge is 2.55. The van der Waals surface area contributed by atoms with Gasteiger partial charge in [0.05, 0.1) is 5.60 Å². The molecule has 4 nitrogen and oxygen atoms in total. The maximum Gasteiger partial charge on any atom is 0.270 e. The lowest BCUT2D eigenvalue weighted by Crippen LogP contribution is -2.61. The maximum atomic E-state index is 12.4. The molecule has 5 rings (SSSR count). The van der Waals surface area contributed by atoms with Crippen molar-refractivity contribution in [1.29, 1.82) is 0 Å². The number of hydrogen-bond acceptors (Lipinski definition) is 3. The van der Waals surface area contributed by atoms with Crippen molar-refractivity contribution in [3.8, 4) is 0 Å². The second-order valence-electron chi connectivity index (χ2n) is 7.06. The standard InChI is InChI=1S/C16H19BrN2O2/c17-12-1-2-13(18-8-12)15(20)19-14-10-3-9-4-11(14)7-16(21,5-9)6-10/h1-2,8-11,14,21H,3-7H2,(H,19,20). The van der Waals surface area contributed by atoms with E-state index in [-0.39, 0.29) is 11.9 Å². The quantitative estimate of drug-likeness (QED) is 0.861. The minimum absolute atomic E-state index is 0.0908. The summed E-state index contributed by atoms with van der Waals surface area (Å²) in [7, 11) is 0. The molecule has 0 aliphatic heterocycles. The van der Waals surface area contributed by atoms with Crippen molar-refractivity contribution in [2.24, 2.45) is 17.8 Å². The molecule has 2 unspecified atom stereocenters. The Labute approximate surface area is 132 Å². The van der Waals surface area contributed by atoms with E-state index in [2.05, 4.69) is 26.2 Å². The average molecular weight is 351 g/mol. The Morgan fingerprint density at radius 3 is 2.57 bits per heavy atom. The van der Waals surface area contributed by atoms with Crippen molar-refractivity contribution in [2.45, 2.75) is 43.7 Å². The van der Waals surface area contributed by atoms with Crippen LogP contribution in [0.4, 0.5) is 0 Å². The molecule has 1 aromatic heterocycles. The number of nitrogens with zero attached hydrogens (tertiary/aromatic N) is 1. The molecule has 1 heterocycles. The van der Waals surface area contributed by atoms with Crippen molar-refractivity contribution >= 4 is 21.8 Å². The molecule has 1 aromatic rings. The van der Waals surface area contributed by atoms with Gasteiger partial charge < -0.3 is 10.4 Å². The molecule has 4 fully saturated rings. The normalized spacial score (nSPS) is 40.3. The van der Waals surface area contributed by atoms with E-state index in [1.54, 1.807) is 12.3 Å². The Hall–Kier alpha value is -0.940. The highest BCUT2D eigenvalue weighted by Crippen LogP contribution is 2.55. The van der Waals surface area contributed by atoms with E-state index < -0.39 is 5.60 Å². The molecule has 1 amide bonds. The predicted molar refractivity (Wildman–Crippen MR) is 81.7 cm³/mol. The Morgan fingerprint density at radius 2 is 2.00 bits per heavy atom. The highest BCUT2D eigenvalue weighted by atomic mass is 79.9. The van der Waals surface area contributed by atoms with Crippen LogP contribution in [0, 0.1) is 17.8 Å². The third-order valence-corrected chi connectivity index (χ3v) is 5.97. The number of nitrogens with one attached hydrogen (secondary N) is 1.